The molecule has 0 unspecified atom stereocenters. The van der Waals surface area contributed by atoms with E-state index in [1.165, 1.54) is 18.6 Å². The summed E-state index contributed by atoms with van der Waals surface area (Å²) < 4.78 is 74.0. The Morgan fingerprint density at radius 2 is 1.83 bits per heavy atom. The van der Waals surface area contributed by atoms with Gasteiger partial charge in [-0.15, -0.1) is 0 Å². The number of rotatable bonds is 6. The Labute approximate surface area is 239 Å². The molecule has 7 nitrogen and oxygen atoms in total. The van der Waals surface area contributed by atoms with E-state index in [0.29, 0.717) is 31.8 Å². The minimum Gasteiger partial charge on any atom is -0.496 e. The zero-order valence-corrected chi connectivity index (χ0v) is 23.2. The van der Waals surface area contributed by atoms with Crippen molar-refractivity contribution in [2.45, 2.75) is 32.2 Å². The fourth-order valence-corrected chi connectivity index (χ4v) is 6.64. The summed E-state index contributed by atoms with van der Waals surface area (Å²) in [5.74, 6) is -7.77. The number of para-hydroxylation sites is 1. The van der Waals surface area contributed by atoms with Crippen LogP contribution in [0.4, 0.5) is 17.6 Å². The summed E-state index contributed by atoms with van der Waals surface area (Å²) in [6.07, 6.45) is 1.60. The lowest BCUT2D eigenvalue weighted by atomic mass is 9.79. The number of ketones is 1. The Morgan fingerprint density at radius 3 is 2.52 bits per heavy atom. The first-order chi connectivity index (χ1) is 20.0. The minimum absolute atomic E-state index is 0.0939. The lowest BCUT2D eigenvalue weighted by Gasteiger charge is -2.45. The number of carbonyl (C=O) groups excluding carboxylic acids is 1. The smallest absolute Gasteiger partial charge is 0.270 e. The normalized spacial score (nSPS) is 20.7. The van der Waals surface area contributed by atoms with Gasteiger partial charge in [0.15, 0.2) is 22.2 Å². The number of nitrogens with zero attached hydrogens (tertiary/aromatic N) is 2. The number of aromatic nitrogens is 1. The van der Waals surface area contributed by atoms with Crippen LogP contribution in [0.15, 0.2) is 58.3 Å². The van der Waals surface area contributed by atoms with Crippen LogP contribution in [0.5, 0.6) is 17.2 Å². The second-order valence-electron chi connectivity index (χ2n) is 10.1. The van der Waals surface area contributed by atoms with Crippen molar-refractivity contribution in [3.05, 3.63) is 108 Å². The summed E-state index contributed by atoms with van der Waals surface area (Å²) in [7, 11) is 1.37. The van der Waals surface area contributed by atoms with Crippen LogP contribution in [0.2, 0.25) is 0 Å². The summed E-state index contributed by atoms with van der Waals surface area (Å²) in [4.78, 5) is 31.7. The van der Waals surface area contributed by atoms with Crippen LogP contribution in [0.1, 0.15) is 36.6 Å². The molecule has 42 heavy (non-hydrogen) atoms. The first-order valence-electron chi connectivity index (χ1n) is 12.8. The van der Waals surface area contributed by atoms with Crippen molar-refractivity contribution in [1.82, 2.24) is 4.57 Å². The molecule has 4 aromatic rings. The zero-order valence-electron chi connectivity index (χ0n) is 22.4. The highest BCUT2D eigenvalue weighted by Crippen LogP contribution is 2.47. The fraction of sp³-hybridized carbons (Fsp3) is 0.233. The third kappa shape index (κ3) is 4.37. The molecule has 3 aromatic carbocycles. The summed E-state index contributed by atoms with van der Waals surface area (Å²) in [5, 5.41) is 0. The van der Waals surface area contributed by atoms with Gasteiger partial charge in [0.25, 0.3) is 5.56 Å². The number of carbonyl (C=O) groups is 1. The molecule has 0 fully saturated rings. The molecule has 0 N–H and O–H groups in total. The Balaban J connectivity index is 1.43. The second-order valence-corrected chi connectivity index (χ2v) is 11.1. The molecule has 2 aliphatic heterocycles. The molecule has 216 valence electrons. The van der Waals surface area contributed by atoms with Crippen molar-refractivity contribution in [3.8, 4) is 17.2 Å². The summed E-state index contributed by atoms with van der Waals surface area (Å²) in [6, 6.07) is 11.5. The van der Waals surface area contributed by atoms with Crippen molar-refractivity contribution < 1.29 is 36.6 Å². The topological polar surface area (TPSA) is 79.1 Å². The van der Waals surface area contributed by atoms with E-state index in [0.717, 1.165) is 11.3 Å². The predicted molar refractivity (Wildman–Crippen MR) is 144 cm³/mol. The predicted octanol–water partition coefficient (Wildman–Crippen LogP) is 4.42. The van der Waals surface area contributed by atoms with Crippen LogP contribution in [0.3, 0.4) is 0 Å². The van der Waals surface area contributed by atoms with Crippen LogP contribution in [-0.2, 0) is 11.4 Å². The quantitative estimate of drug-likeness (QED) is 0.243. The van der Waals surface area contributed by atoms with Gasteiger partial charge >= 0.3 is 0 Å². The van der Waals surface area contributed by atoms with Gasteiger partial charge < -0.3 is 14.2 Å². The number of hydrogen-bond donors (Lipinski definition) is 0. The molecule has 0 aliphatic carbocycles. The van der Waals surface area contributed by atoms with Gasteiger partial charge in [-0.2, -0.15) is 8.78 Å². The molecule has 0 spiro atoms. The first kappa shape index (κ1) is 27.7. The second kappa shape index (κ2) is 10.1. The van der Waals surface area contributed by atoms with Gasteiger partial charge in [-0.05, 0) is 43.7 Å². The summed E-state index contributed by atoms with van der Waals surface area (Å²) in [6.45, 7) is 2.69. The Morgan fingerprint density at radius 1 is 1.12 bits per heavy atom. The highest BCUT2D eigenvalue weighted by molar-refractivity contribution is 7.07. The molecule has 3 atom stereocenters. The minimum atomic E-state index is -1.66. The maximum atomic E-state index is 14.1. The summed E-state index contributed by atoms with van der Waals surface area (Å²) >= 11 is 1.13. The molecule has 12 heteroatoms. The molecule has 2 bridgehead atoms. The Hall–Kier alpha value is -4.45. The van der Waals surface area contributed by atoms with Crippen molar-refractivity contribution >= 4 is 23.2 Å². The van der Waals surface area contributed by atoms with Crippen LogP contribution in [0.25, 0.3) is 6.08 Å². The van der Waals surface area contributed by atoms with Crippen LogP contribution < -0.4 is 29.1 Å². The van der Waals surface area contributed by atoms with Crippen molar-refractivity contribution in [2.24, 2.45) is 10.9 Å². The standard InChI is InChI=1S/C30H22F4N2O5S/c1-14(37)23-26-17-6-4-5-7-21(17)41-30(23,2)35-29-36(26)28(38)22(42-29)11-15-8-9-20(39-3)16(10-15)13-40-27-24(33)18(31)12-19(32)25(27)34/h4-12,23,26H,13H2,1-3H3/t23-,26+,30-/m1/s1. The number of Topliss-reactive ketones (excluding diaryl/α,β-unsaturated/α-hetero) is 1. The Kier molecular flexibility index (Phi) is 6.68. The number of benzene rings is 3. The SMILES string of the molecule is COc1ccc(C=c2sc3n(c2=O)[C@H]2c4ccccc4O[C@@](C)(N=3)[C@@H]2C(C)=O)cc1COc1c(F)c(F)cc(F)c1F. The van der Waals surface area contributed by atoms with Crippen LogP contribution >= 0.6 is 11.3 Å². The number of methoxy groups -OCH3 is 1. The molecule has 0 saturated carbocycles. The Bertz CT molecular complexity index is 1930. The van der Waals surface area contributed by atoms with E-state index in [2.05, 4.69) is 0 Å². The summed E-state index contributed by atoms with van der Waals surface area (Å²) in [5.41, 5.74) is -0.0591. The van der Waals surface area contributed by atoms with E-state index < -0.39 is 53.3 Å². The van der Waals surface area contributed by atoms with E-state index in [-0.39, 0.29) is 23.2 Å². The number of halogens is 4. The highest BCUT2D eigenvalue weighted by Gasteiger charge is 2.53. The first-order valence-corrected chi connectivity index (χ1v) is 13.6. The van der Waals surface area contributed by atoms with Gasteiger partial charge in [0.05, 0.1) is 17.7 Å². The van der Waals surface area contributed by atoms with E-state index in [4.69, 9.17) is 19.2 Å². The number of ether oxygens (including phenoxy) is 3. The van der Waals surface area contributed by atoms with E-state index in [1.54, 1.807) is 43.3 Å². The van der Waals surface area contributed by atoms with Gasteiger partial charge in [0.2, 0.25) is 17.4 Å². The van der Waals surface area contributed by atoms with Crippen LogP contribution in [-0.4, -0.2) is 23.2 Å². The van der Waals surface area contributed by atoms with E-state index in [1.807, 2.05) is 12.1 Å². The monoisotopic (exact) mass is 598 g/mol. The van der Waals surface area contributed by atoms with Gasteiger partial charge in [0.1, 0.15) is 29.8 Å². The highest BCUT2D eigenvalue weighted by atomic mass is 32.1. The molecule has 3 heterocycles. The van der Waals surface area contributed by atoms with Crippen molar-refractivity contribution in [2.75, 3.05) is 7.11 Å². The average Bonchev–Trinajstić information content (AvgIpc) is 3.24. The molecule has 6 rings (SSSR count). The van der Waals surface area contributed by atoms with Crippen molar-refractivity contribution in [1.29, 1.82) is 0 Å². The fourth-order valence-electron chi connectivity index (χ4n) is 5.54. The van der Waals surface area contributed by atoms with E-state index in [9.17, 15) is 27.2 Å². The maximum Gasteiger partial charge on any atom is 0.270 e. The number of fused-ring (bicyclic) bond motifs is 6. The third-order valence-electron chi connectivity index (χ3n) is 7.36. The van der Waals surface area contributed by atoms with E-state index >= 15 is 0 Å². The number of hydrogen-bond acceptors (Lipinski definition) is 7. The average molecular weight is 599 g/mol. The molecule has 0 saturated heterocycles. The molecular formula is C30H22F4N2O5S. The molecule has 2 aliphatic rings. The molecular weight excluding hydrogens is 576 g/mol. The molecule has 0 amide bonds. The van der Waals surface area contributed by atoms with Gasteiger partial charge in [-0.3, -0.25) is 14.2 Å². The number of thiazole rings is 1. The van der Waals surface area contributed by atoms with Crippen LogP contribution in [0, 0.1) is 29.2 Å². The largest absolute Gasteiger partial charge is 0.496 e. The zero-order chi connectivity index (χ0) is 29.9. The van der Waals surface area contributed by atoms with Gasteiger partial charge in [0, 0.05) is 17.2 Å². The van der Waals surface area contributed by atoms with Gasteiger partial charge in [-0.1, -0.05) is 35.6 Å². The van der Waals surface area contributed by atoms with Gasteiger partial charge in [-0.25, -0.2) is 13.8 Å². The third-order valence-corrected chi connectivity index (χ3v) is 8.35. The molecule has 0 radical (unpaired) electrons. The lowest BCUT2D eigenvalue weighted by Crippen LogP contribution is -2.58. The maximum absolute atomic E-state index is 14.1. The lowest BCUT2D eigenvalue weighted by molar-refractivity contribution is -0.132. The van der Waals surface area contributed by atoms with Crippen molar-refractivity contribution in [3.63, 3.8) is 0 Å². The molecule has 1 aromatic heterocycles.